The van der Waals surface area contributed by atoms with Gasteiger partial charge in [-0.15, -0.1) is 24.2 Å². The van der Waals surface area contributed by atoms with Crippen molar-refractivity contribution >= 4 is 46.0 Å². The molecule has 0 atom stereocenters. The Morgan fingerprint density at radius 3 is 2.77 bits per heavy atom. The Morgan fingerprint density at radius 1 is 1.32 bits per heavy atom. The third kappa shape index (κ3) is 5.44. The molecule has 1 aromatic rings. The second-order valence-corrected chi connectivity index (χ2v) is 7.46. The number of benzene rings is 1. The van der Waals surface area contributed by atoms with E-state index in [1.165, 1.54) is 20.5 Å². The third-order valence-corrected chi connectivity index (χ3v) is 5.88. The quantitative estimate of drug-likeness (QED) is 0.599. The van der Waals surface area contributed by atoms with Gasteiger partial charge in [0.2, 0.25) is 5.91 Å². The molecule has 0 saturated carbocycles. The molecule has 0 aliphatic carbocycles. The zero-order valence-electron chi connectivity index (χ0n) is 13.2. The minimum absolute atomic E-state index is 0. The number of nitrogens with one attached hydrogen (secondary N) is 1. The number of rotatable bonds is 5. The minimum atomic E-state index is 0. The maximum absolute atomic E-state index is 11.6. The van der Waals surface area contributed by atoms with Gasteiger partial charge in [-0.05, 0) is 71.2 Å². The first-order valence-corrected chi connectivity index (χ1v) is 9.21. The lowest BCUT2D eigenvalue weighted by molar-refractivity contribution is -0.128. The topological polar surface area (TPSA) is 32.3 Å². The number of carbonyl (C=O) groups is 1. The molecule has 0 radical (unpaired) electrons. The Hall–Kier alpha value is -0.230. The third-order valence-electron chi connectivity index (χ3n) is 3.71. The lowest BCUT2D eigenvalue weighted by atomic mass is 10.0. The van der Waals surface area contributed by atoms with Crippen LogP contribution in [0.2, 0.25) is 0 Å². The molecule has 3 nitrogen and oxygen atoms in total. The average molecular weight is 408 g/mol. The molecule has 0 spiro atoms. The summed E-state index contributed by atoms with van der Waals surface area (Å²) < 4.78 is 1.19. The van der Waals surface area contributed by atoms with Gasteiger partial charge in [0.05, 0.1) is 0 Å². The number of hydrogen-bond acceptors (Lipinski definition) is 3. The lowest BCUT2D eigenvalue weighted by Crippen LogP contribution is -2.21. The Kier molecular flexibility index (Phi) is 8.83. The summed E-state index contributed by atoms with van der Waals surface area (Å²) in [7, 11) is 3.63. The van der Waals surface area contributed by atoms with Crippen LogP contribution in [0.1, 0.15) is 24.0 Å². The number of halogens is 2. The van der Waals surface area contributed by atoms with Crippen molar-refractivity contribution < 1.29 is 4.79 Å². The highest BCUT2D eigenvalue weighted by atomic mass is 79.9. The summed E-state index contributed by atoms with van der Waals surface area (Å²) in [5, 5.41) is 3.46. The van der Waals surface area contributed by atoms with E-state index in [9.17, 15) is 4.79 Å². The zero-order chi connectivity index (χ0) is 15.2. The van der Waals surface area contributed by atoms with Gasteiger partial charge in [-0.1, -0.05) is 6.07 Å². The number of nitrogens with zero attached hydrogens (tertiary/aromatic N) is 1. The maximum Gasteiger partial charge on any atom is 0.222 e. The smallest absolute Gasteiger partial charge is 0.222 e. The van der Waals surface area contributed by atoms with Gasteiger partial charge in [0.25, 0.3) is 0 Å². The van der Waals surface area contributed by atoms with E-state index in [4.69, 9.17) is 0 Å². The minimum Gasteiger partial charge on any atom is -0.349 e. The van der Waals surface area contributed by atoms with Crippen LogP contribution in [-0.2, 0) is 17.6 Å². The lowest BCUT2D eigenvalue weighted by Gasteiger charge is -2.14. The molecule has 1 aliphatic rings. The summed E-state index contributed by atoms with van der Waals surface area (Å²) in [6.07, 6.45) is 3.76. The van der Waals surface area contributed by atoms with Gasteiger partial charge in [-0.2, -0.15) is 0 Å². The first-order valence-electron chi connectivity index (χ1n) is 7.43. The molecule has 0 unspecified atom stereocenters. The molecule has 2 rings (SSSR count). The molecule has 1 aromatic carbocycles. The van der Waals surface area contributed by atoms with Crippen molar-refractivity contribution in [2.75, 3.05) is 32.9 Å². The highest BCUT2D eigenvalue weighted by Crippen LogP contribution is 2.34. The van der Waals surface area contributed by atoms with Crippen molar-refractivity contribution in [3.8, 4) is 0 Å². The van der Waals surface area contributed by atoms with E-state index >= 15 is 0 Å². The highest BCUT2D eigenvalue weighted by molar-refractivity contribution is 9.10. The SMILES string of the molecule is CN(C)C(=O)CCCSc1c(Br)ccc2c1CCNCC2.Cl. The fourth-order valence-corrected chi connectivity index (χ4v) is 4.31. The Morgan fingerprint density at radius 2 is 2.05 bits per heavy atom. The van der Waals surface area contributed by atoms with Crippen molar-refractivity contribution in [2.45, 2.75) is 30.6 Å². The van der Waals surface area contributed by atoms with Crippen LogP contribution in [0.5, 0.6) is 0 Å². The van der Waals surface area contributed by atoms with Gasteiger partial charge in [0.1, 0.15) is 0 Å². The van der Waals surface area contributed by atoms with Crippen LogP contribution in [0.15, 0.2) is 21.5 Å². The van der Waals surface area contributed by atoms with Crippen molar-refractivity contribution in [2.24, 2.45) is 0 Å². The number of hydrogen-bond donors (Lipinski definition) is 1. The second-order valence-electron chi connectivity index (χ2n) is 5.50. The largest absolute Gasteiger partial charge is 0.349 e. The molecule has 124 valence electrons. The van der Waals surface area contributed by atoms with Crippen LogP contribution < -0.4 is 5.32 Å². The number of carbonyl (C=O) groups excluding carboxylic acids is 1. The fraction of sp³-hybridized carbons (Fsp3) is 0.562. The van der Waals surface area contributed by atoms with Crippen molar-refractivity contribution in [3.63, 3.8) is 0 Å². The molecule has 22 heavy (non-hydrogen) atoms. The van der Waals surface area contributed by atoms with Crippen LogP contribution in [0.25, 0.3) is 0 Å². The number of fused-ring (bicyclic) bond motifs is 1. The molecular weight excluding hydrogens is 384 g/mol. The summed E-state index contributed by atoms with van der Waals surface area (Å²) in [6.45, 7) is 2.12. The Labute approximate surface area is 152 Å². The van der Waals surface area contributed by atoms with Gasteiger partial charge in [-0.25, -0.2) is 0 Å². The van der Waals surface area contributed by atoms with Crippen molar-refractivity contribution in [3.05, 3.63) is 27.7 Å². The molecule has 0 saturated heterocycles. The van der Waals surface area contributed by atoms with E-state index in [1.807, 2.05) is 25.9 Å². The predicted octanol–water partition coefficient (Wildman–Crippen LogP) is 3.52. The summed E-state index contributed by atoms with van der Waals surface area (Å²) in [5.41, 5.74) is 2.95. The molecule has 1 N–H and O–H groups in total. The van der Waals surface area contributed by atoms with Crippen LogP contribution in [0.4, 0.5) is 0 Å². The first-order chi connectivity index (χ1) is 10.1. The molecule has 0 bridgehead atoms. The van der Waals surface area contributed by atoms with Crippen LogP contribution >= 0.6 is 40.1 Å². The van der Waals surface area contributed by atoms with Crippen molar-refractivity contribution in [1.29, 1.82) is 0 Å². The molecule has 0 aromatic heterocycles. The van der Waals surface area contributed by atoms with E-state index < -0.39 is 0 Å². The van der Waals surface area contributed by atoms with Crippen LogP contribution in [0.3, 0.4) is 0 Å². The Balaban J connectivity index is 0.00000242. The van der Waals surface area contributed by atoms with Crippen molar-refractivity contribution in [1.82, 2.24) is 10.2 Å². The van der Waals surface area contributed by atoms with Gasteiger partial charge in [-0.3, -0.25) is 4.79 Å². The van der Waals surface area contributed by atoms with E-state index in [0.29, 0.717) is 6.42 Å². The Bertz CT molecular complexity index is 511. The summed E-state index contributed by atoms with van der Waals surface area (Å²) in [5.74, 6) is 1.20. The van der Waals surface area contributed by atoms with Gasteiger partial charge >= 0.3 is 0 Å². The average Bonchev–Trinajstić information content (AvgIpc) is 2.70. The molecule has 6 heteroatoms. The van der Waals surface area contributed by atoms with E-state index in [1.54, 1.807) is 4.90 Å². The maximum atomic E-state index is 11.6. The number of amides is 1. The fourth-order valence-electron chi connectivity index (χ4n) is 2.49. The van der Waals surface area contributed by atoms with Crippen LogP contribution in [-0.4, -0.2) is 43.7 Å². The van der Waals surface area contributed by atoms with E-state index in [2.05, 4.69) is 33.4 Å². The van der Waals surface area contributed by atoms with Gasteiger partial charge in [0.15, 0.2) is 0 Å². The predicted molar refractivity (Wildman–Crippen MR) is 100 cm³/mol. The molecule has 1 amide bonds. The van der Waals surface area contributed by atoms with Crippen LogP contribution in [0, 0.1) is 0 Å². The first kappa shape index (κ1) is 19.8. The molecule has 0 fully saturated rings. The molecule has 1 heterocycles. The zero-order valence-corrected chi connectivity index (χ0v) is 16.4. The number of thioether (sulfide) groups is 1. The normalized spacial score (nSPS) is 13.8. The van der Waals surface area contributed by atoms with Gasteiger partial charge in [0, 0.05) is 29.9 Å². The molecule has 1 aliphatic heterocycles. The summed E-state index contributed by atoms with van der Waals surface area (Å²) in [6, 6.07) is 4.41. The standard InChI is InChI=1S/C16H23BrN2OS.ClH/c1-19(2)15(20)4-3-11-21-16-13-8-10-18-9-7-12(13)5-6-14(16)17;/h5-6,18H,3-4,7-11H2,1-2H3;1H. The summed E-state index contributed by atoms with van der Waals surface area (Å²) >= 11 is 5.57. The monoisotopic (exact) mass is 406 g/mol. The van der Waals surface area contributed by atoms with E-state index in [-0.39, 0.29) is 18.3 Å². The van der Waals surface area contributed by atoms with Gasteiger partial charge < -0.3 is 10.2 Å². The van der Waals surface area contributed by atoms with E-state index in [0.717, 1.165) is 38.1 Å². The summed E-state index contributed by atoms with van der Waals surface area (Å²) in [4.78, 5) is 14.6. The molecular formula is C16H24BrClN2OS. The second kappa shape index (κ2) is 9.81. The highest BCUT2D eigenvalue weighted by Gasteiger charge is 2.15.